The van der Waals surface area contributed by atoms with Gasteiger partial charge in [-0.25, -0.2) is 4.79 Å². The van der Waals surface area contributed by atoms with Gasteiger partial charge in [0.05, 0.1) is 18.5 Å². The quantitative estimate of drug-likeness (QED) is 0.594. The van der Waals surface area contributed by atoms with E-state index in [2.05, 4.69) is 27.3 Å². The van der Waals surface area contributed by atoms with Crippen molar-refractivity contribution in [1.82, 2.24) is 14.7 Å². The Balaban J connectivity index is 1.61. The van der Waals surface area contributed by atoms with Crippen molar-refractivity contribution in [3.05, 3.63) is 75.7 Å². The molecule has 0 amide bonds. The van der Waals surface area contributed by atoms with E-state index in [1.165, 1.54) is 13.2 Å². The third-order valence-electron chi connectivity index (χ3n) is 5.40. The van der Waals surface area contributed by atoms with Crippen molar-refractivity contribution < 1.29 is 9.53 Å². The van der Waals surface area contributed by atoms with Gasteiger partial charge in [-0.15, -0.1) is 0 Å². The Morgan fingerprint density at radius 1 is 1.00 bits per heavy atom. The number of aromatic nitrogens is 2. The van der Waals surface area contributed by atoms with Crippen LogP contribution in [0.2, 0.25) is 5.02 Å². The number of nitrogens with zero attached hydrogens (tertiary/aromatic N) is 4. The van der Waals surface area contributed by atoms with Crippen molar-refractivity contribution in [2.45, 2.75) is 0 Å². The van der Waals surface area contributed by atoms with Crippen LogP contribution in [-0.2, 0) is 4.74 Å². The van der Waals surface area contributed by atoms with E-state index < -0.39 is 11.5 Å². The van der Waals surface area contributed by atoms with Crippen molar-refractivity contribution in [2.24, 2.45) is 0 Å². The van der Waals surface area contributed by atoms with E-state index in [4.69, 9.17) is 16.3 Å². The van der Waals surface area contributed by atoms with E-state index in [0.717, 1.165) is 42.2 Å². The molecule has 0 bridgehead atoms. The first-order chi connectivity index (χ1) is 15.4. The third-order valence-corrected chi connectivity index (χ3v) is 5.65. The molecule has 3 aromatic rings. The number of hydrogen-bond donors (Lipinski definition) is 1. The van der Waals surface area contributed by atoms with E-state index in [1.807, 2.05) is 24.3 Å². The summed E-state index contributed by atoms with van der Waals surface area (Å²) in [6.07, 6.45) is 0. The van der Waals surface area contributed by atoms with Crippen molar-refractivity contribution in [3.8, 4) is 5.69 Å². The maximum Gasteiger partial charge on any atom is 0.360 e. The maximum atomic E-state index is 12.7. The second-order valence-corrected chi connectivity index (χ2v) is 8.02. The number of ether oxygens (including phenoxy) is 1. The number of carbonyl (C=O) groups is 1. The van der Waals surface area contributed by atoms with Gasteiger partial charge in [-0.3, -0.25) is 4.79 Å². The Hall–Kier alpha value is -3.36. The number of anilines is 3. The summed E-state index contributed by atoms with van der Waals surface area (Å²) >= 11 is 5.93. The zero-order valence-electron chi connectivity index (χ0n) is 17.9. The van der Waals surface area contributed by atoms with Gasteiger partial charge in [0.1, 0.15) is 0 Å². The van der Waals surface area contributed by atoms with Gasteiger partial charge in [0.2, 0.25) is 0 Å². The molecule has 0 saturated carbocycles. The van der Waals surface area contributed by atoms with Gasteiger partial charge in [0.15, 0.2) is 5.69 Å². The molecule has 0 unspecified atom stereocenters. The Morgan fingerprint density at radius 3 is 2.25 bits per heavy atom. The molecule has 1 aliphatic rings. The molecule has 8 nitrogen and oxygen atoms in total. The van der Waals surface area contributed by atoms with Crippen molar-refractivity contribution in [1.29, 1.82) is 0 Å². The van der Waals surface area contributed by atoms with Crippen LogP contribution in [0.3, 0.4) is 0 Å². The number of esters is 1. The second kappa shape index (κ2) is 9.42. The number of rotatable bonds is 5. The van der Waals surface area contributed by atoms with Crippen molar-refractivity contribution >= 4 is 34.6 Å². The molecule has 0 radical (unpaired) electrons. The number of halogens is 1. The Bertz CT molecular complexity index is 1150. The largest absolute Gasteiger partial charge is 0.464 e. The lowest BCUT2D eigenvalue weighted by Crippen LogP contribution is -2.44. The highest BCUT2D eigenvalue weighted by Gasteiger charge is 2.19. The number of benzene rings is 2. The minimum absolute atomic E-state index is 0.00481. The highest BCUT2D eigenvalue weighted by Crippen LogP contribution is 2.23. The van der Waals surface area contributed by atoms with Crippen molar-refractivity contribution in [3.63, 3.8) is 0 Å². The molecule has 1 N–H and O–H groups in total. The lowest BCUT2D eigenvalue weighted by Gasteiger charge is -2.34. The first kappa shape index (κ1) is 21.9. The van der Waals surface area contributed by atoms with Crippen LogP contribution >= 0.6 is 11.6 Å². The lowest BCUT2D eigenvalue weighted by molar-refractivity contribution is 0.0593. The van der Waals surface area contributed by atoms with Crippen LogP contribution in [0.25, 0.3) is 5.69 Å². The number of methoxy groups -OCH3 is 1. The number of nitrogens with one attached hydrogen (secondary N) is 1. The molecular weight excluding hydrogens is 430 g/mol. The summed E-state index contributed by atoms with van der Waals surface area (Å²) < 4.78 is 6.03. The van der Waals surface area contributed by atoms with E-state index in [9.17, 15) is 9.59 Å². The first-order valence-corrected chi connectivity index (χ1v) is 10.6. The molecule has 32 heavy (non-hydrogen) atoms. The van der Waals surface area contributed by atoms with Crippen LogP contribution in [0.5, 0.6) is 0 Å². The minimum Gasteiger partial charge on any atom is -0.464 e. The Kier molecular flexibility index (Phi) is 6.43. The first-order valence-electron chi connectivity index (χ1n) is 10.2. The van der Waals surface area contributed by atoms with Gasteiger partial charge in [0.25, 0.3) is 5.56 Å². The molecule has 2 heterocycles. The van der Waals surface area contributed by atoms with Gasteiger partial charge < -0.3 is 19.9 Å². The predicted molar refractivity (Wildman–Crippen MR) is 126 cm³/mol. The molecule has 0 aliphatic carbocycles. The van der Waals surface area contributed by atoms with Crippen LogP contribution in [0, 0.1) is 0 Å². The van der Waals surface area contributed by atoms with Crippen LogP contribution in [0.15, 0.2) is 59.4 Å². The van der Waals surface area contributed by atoms with Gasteiger partial charge in [-0.05, 0) is 55.6 Å². The van der Waals surface area contributed by atoms with Crippen molar-refractivity contribution in [2.75, 3.05) is 50.6 Å². The number of carbonyl (C=O) groups excluding carboxylic acids is 1. The van der Waals surface area contributed by atoms with Crippen LogP contribution < -0.4 is 15.8 Å². The summed E-state index contributed by atoms with van der Waals surface area (Å²) in [5, 5.41) is 7.91. The van der Waals surface area contributed by atoms with Gasteiger partial charge in [-0.1, -0.05) is 11.6 Å². The molecule has 166 valence electrons. The summed E-state index contributed by atoms with van der Waals surface area (Å²) in [6, 6.07) is 15.8. The molecule has 1 fully saturated rings. The standard InChI is InChI=1S/C23H24ClN5O3/c1-27-11-13-28(14-12-27)18-9-5-17(6-10-18)25-20-15-21(30)29(26-22(20)23(31)32-2)19-7-3-16(24)4-8-19/h3-10,15,25H,11-14H2,1-2H3. The fraction of sp³-hybridized carbons (Fsp3) is 0.261. The zero-order chi connectivity index (χ0) is 22.7. The fourth-order valence-corrected chi connectivity index (χ4v) is 3.67. The maximum absolute atomic E-state index is 12.7. The molecule has 2 aromatic carbocycles. The molecule has 1 aromatic heterocycles. The number of hydrogen-bond acceptors (Lipinski definition) is 7. The second-order valence-electron chi connectivity index (χ2n) is 7.59. The average molecular weight is 454 g/mol. The Morgan fingerprint density at radius 2 is 1.62 bits per heavy atom. The molecule has 1 saturated heterocycles. The van der Waals surface area contributed by atoms with Crippen LogP contribution in [0.4, 0.5) is 17.1 Å². The summed E-state index contributed by atoms with van der Waals surface area (Å²) in [4.78, 5) is 29.8. The Labute approximate surface area is 191 Å². The van der Waals surface area contributed by atoms with Crippen LogP contribution in [-0.4, -0.2) is 61.0 Å². The molecule has 1 aliphatic heterocycles. The SMILES string of the molecule is COC(=O)c1nn(-c2ccc(Cl)cc2)c(=O)cc1Nc1ccc(N2CCN(C)CC2)cc1. The van der Waals surface area contributed by atoms with E-state index in [0.29, 0.717) is 10.7 Å². The highest BCUT2D eigenvalue weighted by molar-refractivity contribution is 6.30. The topological polar surface area (TPSA) is 79.7 Å². The minimum atomic E-state index is -0.649. The molecule has 9 heteroatoms. The van der Waals surface area contributed by atoms with E-state index in [1.54, 1.807) is 24.3 Å². The predicted octanol–water partition coefficient (Wildman–Crippen LogP) is 3.17. The monoisotopic (exact) mass is 453 g/mol. The van der Waals surface area contributed by atoms with Gasteiger partial charge in [0, 0.05) is 48.6 Å². The fourth-order valence-electron chi connectivity index (χ4n) is 3.54. The molecular formula is C23H24ClN5O3. The van der Waals surface area contributed by atoms with E-state index in [-0.39, 0.29) is 11.4 Å². The smallest absolute Gasteiger partial charge is 0.360 e. The highest BCUT2D eigenvalue weighted by atomic mass is 35.5. The molecule has 4 rings (SSSR count). The summed E-state index contributed by atoms with van der Waals surface area (Å²) in [7, 11) is 3.40. The zero-order valence-corrected chi connectivity index (χ0v) is 18.7. The van der Waals surface area contributed by atoms with Crippen LogP contribution in [0.1, 0.15) is 10.5 Å². The number of piperazine rings is 1. The number of likely N-dealkylation sites (N-methyl/N-ethyl adjacent to an activating group) is 1. The molecule has 0 spiro atoms. The van der Waals surface area contributed by atoms with Gasteiger partial charge in [-0.2, -0.15) is 9.78 Å². The summed E-state index contributed by atoms with van der Waals surface area (Å²) in [6.45, 7) is 4.00. The van der Waals surface area contributed by atoms with E-state index >= 15 is 0 Å². The van der Waals surface area contributed by atoms with Gasteiger partial charge >= 0.3 is 5.97 Å². The summed E-state index contributed by atoms with van der Waals surface area (Å²) in [5.41, 5.74) is 2.25. The normalized spacial score (nSPS) is 14.3. The molecule has 0 atom stereocenters. The average Bonchev–Trinajstić information content (AvgIpc) is 2.80. The lowest BCUT2D eigenvalue weighted by atomic mass is 10.2. The third kappa shape index (κ3) is 4.76. The summed E-state index contributed by atoms with van der Waals surface area (Å²) in [5.74, 6) is -0.649.